The molecule has 1 aromatic heterocycles. The number of carbonyl (C=O) groups excluding carboxylic acids is 2. The average molecular weight is 335 g/mol. The highest BCUT2D eigenvalue weighted by Gasteiger charge is 2.31. The Labute approximate surface area is 141 Å². The Hall–Kier alpha value is -1.40. The molecule has 5 nitrogen and oxygen atoms in total. The average Bonchev–Trinajstić information content (AvgIpc) is 3.40. The highest BCUT2D eigenvalue weighted by atomic mass is 32.1. The Morgan fingerprint density at radius 1 is 1.35 bits per heavy atom. The molecule has 1 heterocycles. The fourth-order valence-electron chi connectivity index (χ4n) is 2.64. The summed E-state index contributed by atoms with van der Waals surface area (Å²) in [5, 5.41) is 6.71. The predicted octanol–water partition coefficient (Wildman–Crippen LogP) is 2.62. The Morgan fingerprint density at radius 2 is 2.04 bits per heavy atom. The van der Waals surface area contributed by atoms with Crippen molar-refractivity contribution in [3.05, 3.63) is 16.5 Å². The van der Waals surface area contributed by atoms with Crippen LogP contribution >= 0.6 is 11.3 Å². The molecule has 3 rings (SSSR count). The van der Waals surface area contributed by atoms with Gasteiger partial charge in [0.25, 0.3) is 5.91 Å². The standard InChI is InChI=1S/C17H25N3O2S/c1-10-8-14(19-16(21)12-4-5-12)23-15(10)17(22)18-9-11(2)20(3)13-6-7-13/h8,11-13H,4-7,9H2,1-3H3,(H,18,22)(H,19,21)/t11-/m1/s1. The second kappa shape index (κ2) is 6.61. The van der Waals surface area contributed by atoms with Crippen LogP contribution in [-0.4, -0.2) is 42.4 Å². The van der Waals surface area contributed by atoms with Crippen molar-refractivity contribution in [1.29, 1.82) is 0 Å². The summed E-state index contributed by atoms with van der Waals surface area (Å²) in [6.07, 6.45) is 4.50. The van der Waals surface area contributed by atoms with Gasteiger partial charge in [-0.15, -0.1) is 11.3 Å². The number of amides is 2. The van der Waals surface area contributed by atoms with Gasteiger partial charge in [-0.05, 0) is 58.2 Å². The summed E-state index contributed by atoms with van der Waals surface area (Å²) in [4.78, 5) is 27.2. The van der Waals surface area contributed by atoms with Crippen LogP contribution in [-0.2, 0) is 4.79 Å². The lowest BCUT2D eigenvalue weighted by Gasteiger charge is -2.24. The molecule has 2 aliphatic rings. The molecule has 1 atom stereocenters. The van der Waals surface area contributed by atoms with E-state index in [-0.39, 0.29) is 17.7 Å². The van der Waals surface area contributed by atoms with Gasteiger partial charge in [0.05, 0.1) is 9.88 Å². The lowest BCUT2D eigenvalue weighted by Crippen LogP contribution is -2.41. The summed E-state index contributed by atoms with van der Waals surface area (Å²) >= 11 is 1.36. The summed E-state index contributed by atoms with van der Waals surface area (Å²) in [5.41, 5.74) is 0.918. The molecule has 2 fully saturated rings. The lowest BCUT2D eigenvalue weighted by atomic mass is 10.2. The van der Waals surface area contributed by atoms with Crippen molar-refractivity contribution >= 4 is 28.2 Å². The minimum absolute atomic E-state index is 0.0459. The minimum Gasteiger partial charge on any atom is -0.350 e. The van der Waals surface area contributed by atoms with E-state index in [4.69, 9.17) is 0 Å². The predicted molar refractivity (Wildman–Crippen MR) is 93.0 cm³/mol. The maximum absolute atomic E-state index is 12.4. The van der Waals surface area contributed by atoms with Crippen molar-refractivity contribution in [1.82, 2.24) is 10.2 Å². The summed E-state index contributed by atoms with van der Waals surface area (Å²) in [6, 6.07) is 2.91. The Morgan fingerprint density at radius 3 is 2.65 bits per heavy atom. The molecule has 0 aromatic carbocycles. The molecule has 2 N–H and O–H groups in total. The van der Waals surface area contributed by atoms with Gasteiger partial charge in [0.2, 0.25) is 5.91 Å². The van der Waals surface area contributed by atoms with Crippen LogP contribution in [0.5, 0.6) is 0 Å². The van der Waals surface area contributed by atoms with Crippen LogP contribution in [0.2, 0.25) is 0 Å². The first-order chi connectivity index (χ1) is 11.0. The van der Waals surface area contributed by atoms with E-state index in [1.807, 2.05) is 13.0 Å². The number of rotatable bonds is 7. The van der Waals surface area contributed by atoms with Crippen molar-refractivity contribution in [2.24, 2.45) is 5.92 Å². The van der Waals surface area contributed by atoms with Crippen LogP contribution in [0.4, 0.5) is 5.00 Å². The van der Waals surface area contributed by atoms with Gasteiger partial charge in [0, 0.05) is 24.5 Å². The Bertz CT molecular complexity index is 605. The van der Waals surface area contributed by atoms with Crippen LogP contribution in [0, 0.1) is 12.8 Å². The first-order valence-corrected chi connectivity index (χ1v) is 9.18. The van der Waals surface area contributed by atoms with Crippen molar-refractivity contribution in [3.8, 4) is 0 Å². The number of hydrogen-bond donors (Lipinski definition) is 2. The molecular formula is C17H25N3O2S. The number of nitrogens with zero attached hydrogens (tertiary/aromatic N) is 1. The SMILES string of the molecule is Cc1cc(NC(=O)C2CC2)sc1C(=O)NC[C@@H](C)N(C)C1CC1. The second-order valence-corrected chi connectivity index (χ2v) is 7.89. The molecule has 0 saturated heterocycles. The van der Waals surface area contributed by atoms with Crippen LogP contribution in [0.3, 0.4) is 0 Å². The van der Waals surface area contributed by atoms with E-state index in [2.05, 4.69) is 29.5 Å². The molecule has 1 aromatic rings. The molecule has 0 aliphatic heterocycles. The van der Waals surface area contributed by atoms with Crippen molar-refractivity contribution in [3.63, 3.8) is 0 Å². The minimum atomic E-state index is -0.0459. The molecule has 2 aliphatic carbocycles. The molecule has 23 heavy (non-hydrogen) atoms. The van der Waals surface area contributed by atoms with Gasteiger partial charge in [0.15, 0.2) is 0 Å². The van der Waals surface area contributed by atoms with Gasteiger partial charge in [-0.3, -0.25) is 14.5 Å². The zero-order chi connectivity index (χ0) is 16.6. The van der Waals surface area contributed by atoms with E-state index in [1.165, 1.54) is 24.2 Å². The first-order valence-electron chi connectivity index (χ1n) is 8.37. The van der Waals surface area contributed by atoms with Crippen LogP contribution in [0.1, 0.15) is 47.8 Å². The third-order valence-corrected chi connectivity index (χ3v) is 5.85. The summed E-state index contributed by atoms with van der Waals surface area (Å²) < 4.78 is 0. The Kier molecular flexibility index (Phi) is 4.73. The van der Waals surface area contributed by atoms with E-state index in [0.717, 1.165) is 23.4 Å². The van der Waals surface area contributed by atoms with Crippen molar-refractivity contribution < 1.29 is 9.59 Å². The zero-order valence-corrected chi connectivity index (χ0v) is 14.8. The molecule has 0 spiro atoms. The third-order valence-electron chi connectivity index (χ3n) is 4.69. The molecule has 126 valence electrons. The third kappa shape index (κ3) is 4.12. The molecule has 2 saturated carbocycles. The normalized spacial score (nSPS) is 18.8. The quantitative estimate of drug-likeness (QED) is 0.805. The summed E-state index contributed by atoms with van der Waals surface area (Å²) in [5.74, 6) is 0.210. The summed E-state index contributed by atoms with van der Waals surface area (Å²) in [7, 11) is 2.12. The van der Waals surface area contributed by atoms with Gasteiger partial charge in [0.1, 0.15) is 0 Å². The van der Waals surface area contributed by atoms with Crippen LogP contribution < -0.4 is 10.6 Å². The Balaban J connectivity index is 1.53. The van der Waals surface area contributed by atoms with Crippen molar-refractivity contribution in [2.45, 2.75) is 51.6 Å². The number of aryl methyl sites for hydroxylation is 1. The van der Waals surface area contributed by atoms with Gasteiger partial charge >= 0.3 is 0 Å². The molecule has 0 bridgehead atoms. The number of likely N-dealkylation sites (N-methyl/N-ethyl adjacent to an activating group) is 1. The summed E-state index contributed by atoms with van der Waals surface area (Å²) in [6.45, 7) is 4.70. The number of carbonyl (C=O) groups is 2. The molecule has 0 unspecified atom stereocenters. The lowest BCUT2D eigenvalue weighted by molar-refractivity contribution is -0.117. The van der Waals surface area contributed by atoms with Crippen LogP contribution in [0.15, 0.2) is 6.07 Å². The van der Waals surface area contributed by atoms with Gasteiger partial charge in [-0.1, -0.05) is 0 Å². The largest absolute Gasteiger partial charge is 0.350 e. The van der Waals surface area contributed by atoms with Gasteiger partial charge in [-0.25, -0.2) is 0 Å². The topological polar surface area (TPSA) is 61.4 Å². The number of nitrogens with one attached hydrogen (secondary N) is 2. The zero-order valence-electron chi connectivity index (χ0n) is 14.0. The number of thiophene rings is 1. The first kappa shape index (κ1) is 16.5. The monoisotopic (exact) mass is 335 g/mol. The smallest absolute Gasteiger partial charge is 0.261 e. The molecule has 0 radical (unpaired) electrons. The van der Waals surface area contributed by atoms with Crippen molar-refractivity contribution in [2.75, 3.05) is 18.9 Å². The molecule has 6 heteroatoms. The molecule has 2 amide bonds. The number of anilines is 1. The maximum Gasteiger partial charge on any atom is 0.261 e. The fourth-order valence-corrected chi connectivity index (χ4v) is 3.64. The van der Waals surface area contributed by atoms with E-state index >= 15 is 0 Å². The van der Waals surface area contributed by atoms with E-state index in [1.54, 1.807) is 0 Å². The van der Waals surface area contributed by atoms with E-state index in [9.17, 15) is 9.59 Å². The highest BCUT2D eigenvalue weighted by Crippen LogP contribution is 2.33. The second-order valence-electron chi connectivity index (χ2n) is 6.84. The van der Waals surface area contributed by atoms with Crippen LogP contribution in [0.25, 0.3) is 0 Å². The molecular weight excluding hydrogens is 310 g/mol. The number of hydrogen-bond acceptors (Lipinski definition) is 4. The highest BCUT2D eigenvalue weighted by molar-refractivity contribution is 7.18. The van der Waals surface area contributed by atoms with E-state index in [0.29, 0.717) is 23.5 Å². The van der Waals surface area contributed by atoms with E-state index < -0.39 is 0 Å². The fraction of sp³-hybridized carbons (Fsp3) is 0.647. The van der Waals surface area contributed by atoms with Gasteiger partial charge in [-0.2, -0.15) is 0 Å². The maximum atomic E-state index is 12.4. The van der Waals surface area contributed by atoms with Gasteiger partial charge < -0.3 is 10.6 Å².